The van der Waals surface area contributed by atoms with E-state index in [9.17, 15) is 34.0 Å². The van der Waals surface area contributed by atoms with Crippen molar-refractivity contribution in [3.05, 3.63) is 115 Å². The maximum Gasteiger partial charge on any atom is 0.255 e. The number of anilines is 9. The van der Waals surface area contributed by atoms with Crippen LogP contribution in [0.4, 0.5) is 61.1 Å². The number of hydrazone groups is 2. The third-order valence-corrected chi connectivity index (χ3v) is 20.6. The molecule has 9 aromatic rings. The van der Waals surface area contributed by atoms with Crippen molar-refractivity contribution in [2.24, 2.45) is 25.6 Å². The van der Waals surface area contributed by atoms with Gasteiger partial charge in [0.05, 0.1) is 51.5 Å². The second-order valence-corrected chi connectivity index (χ2v) is 28.7. The molecule has 2 aromatic carbocycles. The van der Waals surface area contributed by atoms with Crippen molar-refractivity contribution in [1.29, 1.82) is 0 Å². The lowest BCUT2D eigenvalue weighted by Gasteiger charge is -2.42. The maximum absolute atomic E-state index is 14.5. The Hall–Kier alpha value is -9.08. The van der Waals surface area contributed by atoms with Gasteiger partial charge in [0, 0.05) is 67.8 Å². The molecule has 0 radical (unpaired) electrons. The van der Waals surface area contributed by atoms with E-state index in [1.165, 1.54) is 49.7 Å². The quantitative estimate of drug-likeness (QED) is 0.0785. The molecule has 3 saturated carbocycles. The number of hydrogen-bond donors (Lipinski definition) is 6. The number of aromatic nitrogens is 10. The fourth-order valence-corrected chi connectivity index (χ4v) is 14.9. The number of benzene rings is 2. The lowest BCUT2D eigenvalue weighted by Crippen LogP contribution is -2.42. The minimum atomic E-state index is -4.13. The van der Waals surface area contributed by atoms with Gasteiger partial charge < -0.3 is 25.4 Å². The molecule has 15 rings (SSSR count). The number of primary sulfonamides is 3. The van der Waals surface area contributed by atoms with Crippen LogP contribution in [0.3, 0.4) is 0 Å². The van der Waals surface area contributed by atoms with Gasteiger partial charge in [0.2, 0.25) is 37.9 Å². The van der Waals surface area contributed by atoms with Gasteiger partial charge in [-0.2, -0.15) is 25.2 Å². The molecule has 0 bridgehead atoms. The summed E-state index contributed by atoms with van der Waals surface area (Å²) in [5.74, 6) is 2.24. The molecule has 3 fully saturated rings. The Morgan fingerprint density at radius 2 is 0.935 bits per heavy atom. The highest BCUT2D eigenvalue weighted by Crippen LogP contribution is 2.47. The van der Waals surface area contributed by atoms with E-state index in [4.69, 9.17) is 30.4 Å². The molecule has 7 aromatic heterocycles. The van der Waals surface area contributed by atoms with Crippen molar-refractivity contribution in [3.63, 3.8) is 0 Å². The van der Waals surface area contributed by atoms with E-state index in [2.05, 4.69) is 95.3 Å². The van der Waals surface area contributed by atoms with Gasteiger partial charge in [-0.05, 0) is 111 Å². The van der Waals surface area contributed by atoms with Gasteiger partial charge in [0.15, 0.2) is 5.03 Å². The van der Waals surface area contributed by atoms with Crippen LogP contribution in [0.25, 0.3) is 33.1 Å². The van der Waals surface area contributed by atoms with Crippen LogP contribution in [0.2, 0.25) is 0 Å². The number of nitrogens with zero attached hydrogens (tertiary/aromatic N) is 15. The third kappa shape index (κ3) is 11.7. The SMILES string of the molecule is CN1C=CC2(CCCCC2)n2c1cc1cnc(Nc3ccc(S(N)(=O)=O)cc3F)nc12.CN1N=CC2(CCCCC2)n2c1cc1cnc(Nc3ccc(S(N)(=O)=O)c(F)c3)nc12.CN1N=CC2(CCCCC2)n2c1cc1cnc(Nc3ccc(S(N)(=O)=O)nc3)nc12. The Morgan fingerprint density at radius 1 is 0.467 bits per heavy atom. The first-order valence-corrected chi connectivity index (χ1v) is 34.6. The number of rotatable bonds is 9. The van der Waals surface area contributed by atoms with Gasteiger partial charge in [-0.25, -0.2) is 69.4 Å². The standard InChI is InChI=1S/C21H23FN6O2S.C20H22FN7O2S.C19H22N8O2S/c1-27-10-9-21(7-3-2-4-8-21)28-18(27)11-14-13-24-20(26-19(14)28)25-17-6-5-15(12-16(17)22)31(23,29)30;1-27-17-9-13-11-23-19(25-14-5-6-16(15(21)10-14)31(22,29)30)26-18(13)28(17)20(12-24-27)7-3-2-4-8-20;1-26-16-9-13-10-22-18(24-14-5-6-15(21-11-14)30(20,28)29)25-17(13)27(16)19(12-23-26)7-3-2-4-8-19/h5-6,9-13H,2-4,7-8H2,1H3,(H2,23,29,30)(H,24,25,26);5-6,9-12H,2-4,7-8H2,1H3,(H2,22,29,30)(H,23,25,26);5-6,9-12H,2-4,7-8H2,1H3,(H2,20,28,29)(H,22,24,25). The zero-order valence-electron chi connectivity index (χ0n) is 50.4. The van der Waals surface area contributed by atoms with E-state index in [-0.39, 0.29) is 44.1 Å². The van der Waals surface area contributed by atoms with Crippen molar-refractivity contribution in [2.45, 2.75) is 128 Å². The van der Waals surface area contributed by atoms with Crippen LogP contribution in [0.5, 0.6) is 0 Å². The molecular formula is C60H67F2N21O6S3. The largest absolute Gasteiger partial charge is 0.338 e. The van der Waals surface area contributed by atoms with Crippen molar-refractivity contribution in [1.82, 2.24) is 48.6 Å². The van der Waals surface area contributed by atoms with E-state index in [0.717, 1.165) is 146 Å². The summed E-state index contributed by atoms with van der Waals surface area (Å²) in [6.45, 7) is 0. The van der Waals surface area contributed by atoms with Crippen LogP contribution in [-0.4, -0.2) is 107 Å². The topological polar surface area (TPSA) is 356 Å². The van der Waals surface area contributed by atoms with Crippen molar-refractivity contribution >= 4 is 128 Å². The molecular weight excluding hydrogens is 1240 g/mol. The second kappa shape index (κ2) is 23.6. The van der Waals surface area contributed by atoms with Gasteiger partial charge >= 0.3 is 0 Å². The molecule has 3 aliphatic carbocycles. The minimum absolute atomic E-state index is 0.0709. The third-order valence-electron chi connectivity index (χ3n) is 17.9. The van der Waals surface area contributed by atoms with Gasteiger partial charge in [-0.3, -0.25) is 19.2 Å². The highest BCUT2D eigenvalue weighted by Gasteiger charge is 2.42. The molecule has 10 heterocycles. The van der Waals surface area contributed by atoms with Gasteiger partial charge in [-0.15, -0.1) is 0 Å². The monoisotopic (exact) mass is 1310 g/mol. The summed E-state index contributed by atoms with van der Waals surface area (Å²) in [6, 6.07) is 16.1. The van der Waals surface area contributed by atoms with Crippen LogP contribution >= 0.6 is 0 Å². The van der Waals surface area contributed by atoms with E-state index in [1.54, 1.807) is 24.7 Å². The number of fused-ring (bicyclic) bond motifs is 12. The minimum Gasteiger partial charge on any atom is -0.338 e. The first-order valence-electron chi connectivity index (χ1n) is 30.0. The average Bonchev–Trinajstić information content (AvgIpc) is 1.56. The summed E-state index contributed by atoms with van der Waals surface area (Å²) >= 11 is 0. The molecule has 27 nitrogen and oxygen atoms in total. The Kier molecular flexibility index (Phi) is 15.8. The van der Waals surface area contributed by atoms with Gasteiger partial charge in [-0.1, -0.05) is 57.8 Å². The molecule has 32 heteroatoms. The molecule has 0 unspecified atom stereocenters. The number of pyridine rings is 1. The second-order valence-electron chi connectivity index (χ2n) is 24.1. The van der Waals surface area contributed by atoms with Crippen LogP contribution in [0.15, 0.2) is 129 Å². The summed E-state index contributed by atoms with van der Waals surface area (Å²) < 4.78 is 104. The van der Waals surface area contributed by atoms with Gasteiger partial charge in [0.1, 0.15) is 50.9 Å². The molecule has 0 saturated heterocycles. The predicted molar refractivity (Wildman–Crippen MR) is 348 cm³/mol. The lowest BCUT2D eigenvalue weighted by molar-refractivity contribution is 0.260. The lowest BCUT2D eigenvalue weighted by atomic mass is 9.80. The summed E-state index contributed by atoms with van der Waals surface area (Å²) in [5, 5.41) is 39.6. The molecule has 6 aliphatic rings. The van der Waals surface area contributed by atoms with Crippen LogP contribution in [0, 0.1) is 11.6 Å². The summed E-state index contributed by atoms with van der Waals surface area (Å²) in [7, 11) is -6.11. The summed E-state index contributed by atoms with van der Waals surface area (Å²) in [5.41, 5.74) is 2.87. The highest BCUT2D eigenvalue weighted by molar-refractivity contribution is 7.89. The van der Waals surface area contributed by atoms with Crippen molar-refractivity contribution in [3.8, 4) is 0 Å². The van der Waals surface area contributed by atoms with Crippen LogP contribution in [-0.2, 0) is 46.7 Å². The Labute approximate surface area is 528 Å². The smallest absolute Gasteiger partial charge is 0.255 e. The number of nitrogens with two attached hydrogens (primary N) is 3. The maximum atomic E-state index is 14.5. The number of sulfonamides is 3. The summed E-state index contributed by atoms with van der Waals surface area (Å²) in [4.78, 5) is 32.4. The van der Waals surface area contributed by atoms with Crippen molar-refractivity contribution in [2.75, 3.05) is 52.0 Å². The molecule has 480 valence electrons. The first-order chi connectivity index (χ1) is 43.9. The normalized spacial score (nSPS) is 17.9. The van der Waals surface area contributed by atoms with Crippen molar-refractivity contribution < 1.29 is 34.0 Å². The predicted octanol–water partition coefficient (Wildman–Crippen LogP) is 8.95. The van der Waals surface area contributed by atoms with Gasteiger partial charge in [0.25, 0.3) is 10.0 Å². The molecule has 92 heavy (non-hydrogen) atoms. The number of halogens is 2. The van der Waals surface area contributed by atoms with Crippen LogP contribution in [0.1, 0.15) is 96.3 Å². The highest BCUT2D eigenvalue weighted by atomic mass is 32.2. The number of hydrogen-bond acceptors (Lipinski definition) is 21. The van der Waals surface area contributed by atoms with Crippen LogP contribution < -0.4 is 46.3 Å². The Bertz CT molecular complexity index is 4830. The average molecular weight is 1310 g/mol. The van der Waals surface area contributed by atoms with E-state index in [0.29, 0.717) is 17.3 Å². The zero-order chi connectivity index (χ0) is 64.5. The zero-order valence-corrected chi connectivity index (χ0v) is 52.9. The fourth-order valence-electron chi connectivity index (χ4n) is 13.4. The first kappa shape index (κ1) is 61.8. The molecule has 3 spiro atoms. The van der Waals surface area contributed by atoms with E-state index in [1.807, 2.05) is 43.4 Å². The number of nitrogens with one attached hydrogen (secondary N) is 3. The Balaban J connectivity index is 0.000000126. The number of allylic oxidation sites excluding steroid dienone is 1. The summed E-state index contributed by atoms with van der Waals surface area (Å²) in [6.07, 6.45) is 31.8. The molecule has 9 N–H and O–H groups in total. The molecule has 0 atom stereocenters. The van der Waals surface area contributed by atoms with E-state index < -0.39 is 46.6 Å². The fraction of sp³-hybridized carbons (Fsp3) is 0.350. The molecule has 0 amide bonds. The van der Waals surface area contributed by atoms with E-state index >= 15 is 0 Å². The Morgan fingerprint density at radius 3 is 1.39 bits per heavy atom. The molecule has 3 aliphatic heterocycles.